The average molecular weight is 268 g/mol. The van der Waals surface area contributed by atoms with Crippen LogP contribution in [-0.4, -0.2) is 36.0 Å². The Kier molecular flexibility index (Phi) is 6.31. The van der Waals surface area contributed by atoms with E-state index in [4.69, 9.17) is 0 Å². The van der Waals surface area contributed by atoms with Crippen molar-refractivity contribution < 1.29 is 4.79 Å². The number of nitrogens with zero attached hydrogens (tertiary/aromatic N) is 1. The molecule has 0 aromatic carbocycles. The Morgan fingerprint density at radius 3 is 2.32 bits per heavy atom. The van der Waals surface area contributed by atoms with Gasteiger partial charge in [0.2, 0.25) is 5.91 Å². The van der Waals surface area contributed by atoms with Gasteiger partial charge in [0.25, 0.3) is 0 Å². The number of carbonyl (C=O) groups is 1. The fourth-order valence-electron chi connectivity index (χ4n) is 2.66. The molecule has 1 heterocycles. The van der Waals surface area contributed by atoms with Crippen LogP contribution in [0.15, 0.2) is 0 Å². The van der Waals surface area contributed by atoms with Crippen molar-refractivity contribution in [3.63, 3.8) is 0 Å². The summed E-state index contributed by atoms with van der Waals surface area (Å²) in [5.74, 6) is 1.29. The van der Waals surface area contributed by atoms with Gasteiger partial charge in [0.15, 0.2) is 0 Å². The van der Waals surface area contributed by atoms with E-state index >= 15 is 0 Å². The Labute approximate surface area is 119 Å². The van der Waals surface area contributed by atoms with E-state index < -0.39 is 0 Å². The van der Waals surface area contributed by atoms with E-state index in [1.807, 2.05) is 13.8 Å². The average Bonchev–Trinajstić information content (AvgIpc) is 2.33. The summed E-state index contributed by atoms with van der Waals surface area (Å²) in [5.41, 5.74) is 0.229. The first kappa shape index (κ1) is 16.5. The summed E-state index contributed by atoms with van der Waals surface area (Å²) in [6.07, 6.45) is 4.93. The van der Waals surface area contributed by atoms with E-state index in [0.717, 1.165) is 25.6 Å². The van der Waals surface area contributed by atoms with Crippen molar-refractivity contribution in [1.29, 1.82) is 0 Å². The molecule has 0 atom stereocenters. The first-order chi connectivity index (χ1) is 8.79. The molecule has 0 saturated carbocycles. The highest BCUT2D eigenvalue weighted by molar-refractivity contribution is 5.78. The molecule has 1 N–H and O–H groups in total. The molecule has 0 aromatic rings. The van der Waals surface area contributed by atoms with Gasteiger partial charge in [-0.15, -0.1) is 0 Å². The molecule has 0 bridgehead atoms. The zero-order valence-corrected chi connectivity index (χ0v) is 13.5. The lowest BCUT2D eigenvalue weighted by atomic mass is 9.91. The van der Waals surface area contributed by atoms with Crippen molar-refractivity contribution >= 4 is 5.91 Å². The lowest BCUT2D eigenvalue weighted by Crippen LogP contribution is -2.41. The van der Waals surface area contributed by atoms with Gasteiger partial charge in [-0.1, -0.05) is 13.8 Å². The summed E-state index contributed by atoms with van der Waals surface area (Å²) in [6.45, 7) is 13.7. The van der Waals surface area contributed by atoms with Gasteiger partial charge < -0.3 is 10.2 Å². The summed E-state index contributed by atoms with van der Waals surface area (Å²) >= 11 is 0. The van der Waals surface area contributed by atoms with Crippen LogP contribution >= 0.6 is 0 Å². The van der Waals surface area contributed by atoms with E-state index in [0.29, 0.717) is 5.91 Å². The predicted octanol–water partition coefficient (Wildman–Crippen LogP) is 3.05. The summed E-state index contributed by atoms with van der Waals surface area (Å²) < 4.78 is 0. The molecule has 19 heavy (non-hydrogen) atoms. The fraction of sp³-hybridized carbons (Fsp3) is 0.938. The maximum atomic E-state index is 11.9. The molecule has 0 spiro atoms. The van der Waals surface area contributed by atoms with Crippen LogP contribution in [0.1, 0.15) is 60.3 Å². The van der Waals surface area contributed by atoms with Crippen LogP contribution in [0.4, 0.5) is 0 Å². The molecule has 1 rings (SSSR count). The topological polar surface area (TPSA) is 32.3 Å². The van der Waals surface area contributed by atoms with Crippen LogP contribution in [0.2, 0.25) is 0 Å². The number of nitrogens with one attached hydrogen (secondary N) is 1. The first-order valence-electron chi connectivity index (χ1n) is 7.83. The van der Waals surface area contributed by atoms with Gasteiger partial charge in [0.05, 0.1) is 0 Å². The zero-order chi connectivity index (χ0) is 14.5. The zero-order valence-electron chi connectivity index (χ0n) is 13.5. The molecule has 1 saturated heterocycles. The normalized spacial score (nSPS) is 18.1. The van der Waals surface area contributed by atoms with Crippen molar-refractivity contribution in [1.82, 2.24) is 10.2 Å². The monoisotopic (exact) mass is 268 g/mol. The van der Waals surface area contributed by atoms with Crippen molar-refractivity contribution in [2.24, 2.45) is 11.8 Å². The third kappa shape index (κ3) is 6.42. The van der Waals surface area contributed by atoms with Gasteiger partial charge >= 0.3 is 0 Å². The molecule has 1 fully saturated rings. The Morgan fingerprint density at radius 2 is 1.84 bits per heavy atom. The highest BCUT2D eigenvalue weighted by atomic mass is 16.2. The Morgan fingerprint density at radius 1 is 1.26 bits per heavy atom. The Hall–Kier alpha value is -0.570. The number of amides is 1. The van der Waals surface area contributed by atoms with Crippen LogP contribution in [0.25, 0.3) is 0 Å². The second kappa shape index (κ2) is 7.28. The molecule has 0 unspecified atom stereocenters. The second-order valence-corrected chi connectivity index (χ2v) is 7.24. The smallest absolute Gasteiger partial charge is 0.225 e. The van der Waals surface area contributed by atoms with Gasteiger partial charge in [-0.2, -0.15) is 0 Å². The molecule has 112 valence electrons. The van der Waals surface area contributed by atoms with Crippen LogP contribution in [0, 0.1) is 11.8 Å². The van der Waals surface area contributed by atoms with Gasteiger partial charge in [0.1, 0.15) is 0 Å². The highest BCUT2D eigenvalue weighted by Crippen LogP contribution is 2.22. The predicted molar refractivity (Wildman–Crippen MR) is 81.1 cm³/mol. The third-order valence-corrected chi connectivity index (χ3v) is 3.86. The van der Waals surface area contributed by atoms with E-state index in [1.54, 1.807) is 0 Å². The number of carbonyl (C=O) groups excluding carboxylic acids is 1. The van der Waals surface area contributed by atoms with Gasteiger partial charge in [-0.05, 0) is 58.9 Å². The number of piperidine rings is 1. The number of rotatable bonds is 5. The van der Waals surface area contributed by atoms with Crippen molar-refractivity contribution in [3.8, 4) is 0 Å². The molecular formula is C16H32N2O. The molecular weight excluding hydrogens is 236 g/mol. The standard InChI is InChI=1S/C16H32N2O/c1-13(2)15(19)18-11-8-14(9-12-18)7-6-10-17-16(3,4)5/h13-14,17H,6-12H2,1-5H3. The molecule has 1 amide bonds. The molecule has 3 heteroatoms. The maximum absolute atomic E-state index is 11.9. The van der Waals surface area contributed by atoms with Crippen LogP contribution in [0.3, 0.4) is 0 Å². The van der Waals surface area contributed by atoms with Crippen LogP contribution in [-0.2, 0) is 4.79 Å². The largest absolute Gasteiger partial charge is 0.342 e. The van der Waals surface area contributed by atoms with Crippen molar-refractivity contribution in [2.75, 3.05) is 19.6 Å². The SMILES string of the molecule is CC(C)C(=O)N1CCC(CCCNC(C)(C)C)CC1. The van der Waals surface area contributed by atoms with Crippen molar-refractivity contribution in [3.05, 3.63) is 0 Å². The molecule has 3 nitrogen and oxygen atoms in total. The first-order valence-corrected chi connectivity index (χ1v) is 7.83. The minimum Gasteiger partial charge on any atom is -0.342 e. The second-order valence-electron chi connectivity index (χ2n) is 7.24. The Balaban J connectivity index is 2.15. The highest BCUT2D eigenvalue weighted by Gasteiger charge is 2.23. The van der Waals surface area contributed by atoms with Crippen LogP contribution < -0.4 is 5.32 Å². The number of hydrogen-bond donors (Lipinski definition) is 1. The summed E-state index contributed by atoms with van der Waals surface area (Å²) in [7, 11) is 0. The summed E-state index contributed by atoms with van der Waals surface area (Å²) in [4.78, 5) is 13.9. The van der Waals surface area contributed by atoms with E-state index in [9.17, 15) is 4.79 Å². The van der Waals surface area contributed by atoms with E-state index in [-0.39, 0.29) is 11.5 Å². The maximum Gasteiger partial charge on any atom is 0.225 e. The number of hydrogen-bond acceptors (Lipinski definition) is 2. The minimum atomic E-state index is 0.146. The molecule has 1 aliphatic rings. The fourth-order valence-corrected chi connectivity index (χ4v) is 2.66. The van der Waals surface area contributed by atoms with Crippen molar-refractivity contribution in [2.45, 2.75) is 65.8 Å². The minimum absolute atomic E-state index is 0.146. The Bertz CT molecular complexity index is 273. The van der Waals surface area contributed by atoms with Crippen LogP contribution in [0.5, 0.6) is 0 Å². The summed E-state index contributed by atoms with van der Waals surface area (Å²) in [5, 5.41) is 3.54. The number of likely N-dealkylation sites (tertiary alicyclic amines) is 1. The van der Waals surface area contributed by atoms with Gasteiger partial charge in [0, 0.05) is 24.5 Å². The van der Waals surface area contributed by atoms with Gasteiger partial charge in [-0.3, -0.25) is 4.79 Å². The lowest BCUT2D eigenvalue weighted by Gasteiger charge is -2.33. The molecule has 0 radical (unpaired) electrons. The van der Waals surface area contributed by atoms with Gasteiger partial charge in [-0.25, -0.2) is 0 Å². The summed E-state index contributed by atoms with van der Waals surface area (Å²) in [6, 6.07) is 0. The molecule has 0 aliphatic carbocycles. The van der Waals surface area contributed by atoms with E-state index in [2.05, 4.69) is 31.0 Å². The van der Waals surface area contributed by atoms with E-state index in [1.165, 1.54) is 25.7 Å². The molecule has 1 aliphatic heterocycles. The molecule has 0 aromatic heterocycles. The lowest BCUT2D eigenvalue weighted by molar-refractivity contribution is -0.135. The quantitative estimate of drug-likeness (QED) is 0.777. The third-order valence-electron chi connectivity index (χ3n) is 3.86.